The molecule has 1 fully saturated rings. The summed E-state index contributed by atoms with van der Waals surface area (Å²) in [6, 6.07) is 20.1. The second-order valence-corrected chi connectivity index (χ2v) is 6.45. The van der Waals surface area contributed by atoms with Crippen LogP contribution in [0, 0.1) is 6.92 Å². The topological polar surface area (TPSA) is 12.0 Å². The van der Waals surface area contributed by atoms with Crippen molar-refractivity contribution in [1.82, 2.24) is 5.32 Å². The van der Waals surface area contributed by atoms with Gasteiger partial charge in [0.05, 0.1) is 0 Å². The summed E-state index contributed by atoms with van der Waals surface area (Å²) in [5.74, 6) is 0.713. The molecule has 0 aromatic heterocycles. The Kier molecular flexibility index (Phi) is 4.12. The van der Waals surface area contributed by atoms with E-state index in [2.05, 4.69) is 73.8 Å². The molecule has 3 rings (SSSR count). The van der Waals surface area contributed by atoms with Crippen molar-refractivity contribution < 1.29 is 0 Å². The molecule has 2 aromatic rings. The van der Waals surface area contributed by atoms with Crippen molar-refractivity contribution >= 4 is 0 Å². The second-order valence-electron chi connectivity index (χ2n) is 6.45. The standard InChI is InChI=1S/C20H25N/c1-3-21-15-20(19-11-7-8-16(2)12-19)13-18(14-20)17-9-5-4-6-10-17/h4-12,18,21H,3,13-15H2,1-2H3. The molecular formula is C20H25N. The predicted octanol–water partition coefficient (Wildman–Crippen LogP) is 4.42. The largest absolute Gasteiger partial charge is 0.316 e. The molecule has 1 saturated carbocycles. The first-order chi connectivity index (χ1) is 10.2. The molecule has 0 spiro atoms. The van der Waals surface area contributed by atoms with Gasteiger partial charge in [-0.05, 0) is 43.4 Å². The van der Waals surface area contributed by atoms with Gasteiger partial charge in [-0.15, -0.1) is 0 Å². The van der Waals surface area contributed by atoms with E-state index in [0.717, 1.165) is 13.1 Å². The Morgan fingerprint density at radius 1 is 1.05 bits per heavy atom. The molecule has 0 radical (unpaired) electrons. The minimum absolute atomic E-state index is 0.322. The molecule has 0 atom stereocenters. The number of nitrogens with one attached hydrogen (secondary N) is 1. The van der Waals surface area contributed by atoms with Crippen LogP contribution in [-0.2, 0) is 5.41 Å². The van der Waals surface area contributed by atoms with Crippen molar-refractivity contribution in [2.75, 3.05) is 13.1 Å². The van der Waals surface area contributed by atoms with Gasteiger partial charge in [0.1, 0.15) is 0 Å². The van der Waals surface area contributed by atoms with E-state index in [1.807, 2.05) is 0 Å². The number of rotatable bonds is 5. The summed E-state index contributed by atoms with van der Waals surface area (Å²) in [7, 11) is 0. The Labute approximate surface area is 128 Å². The SMILES string of the molecule is CCNCC1(c2cccc(C)c2)CC(c2ccccc2)C1. The Bertz CT molecular complexity index is 582. The third-order valence-corrected chi connectivity index (χ3v) is 4.89. The van der Waals surface area contributed by atoms with Gasteiger partial charge >= 0.3 is 0 Å². The van der Waals surface area contributed by atoms with Crippen LogP contribution in [0.2, 0.25) is 0 Å². The van der Waals surface area contributed by atoms with Gasteiger partial charge in [-0.25, -0.2) is 0 Å². The first kappa shape index (κ1) is 14.3. The fourth-order valence-corrected chi connectivity index (χ4v) is 3.67. The molecule has 0 bridgehead atoms. The molecule has 1 heteroatoms. The quantitative estimate of drug-likeness (QED) is 0.854. The lowest BCUT2D eigenvalue weighted by Crippen LogP contribution is -2.47. The third-order valence-electron chi connectivity index (χ3n) is 4.89. The van der Waals surface area contributed by atoms with Crippen LogP contribution in [0.5, 0.6) is 0 Å². The zero-order valence-electron chi connectivity index (χ0n) is 13.1. The van der Waals surface area contributed by atoms with Crippen LogP contribution in [0.3, 0.4) is 0 Å². The Hall–Kier alpha value is -1.60. The molecule has 110 valence electrons. The van der Waals surface area contributed by atoms with Crippen molar-refractivity contribution in [2.24, 2.45) is 0 Å². The van der Waals surface area contributed by atoms with Gasteiger partial charge < -0.3 is 5.32 Å². The second kappa shape index (κ2) is 6.03. The van der Waals surface area contributed by atoms with Crippen LogP contribution < -0.4 is 5.32 Å². The molecule has 1 aliphatic rings. The minimum Gasteiger partial charge on any atom is -0.316 e. The van der Waals surface area contributed by atoms with Crippen LogP contribution in [0.25, 0.3) is 0 Å². The molecule has 2 aromatic carbocycles. The van der Waals surface area contributed by atoms with E-state index in [1.165, 1.54) is 29.5 Å². The maximum atomic E-state index is 3.58. The smallest absolute Gasteiger partial charge is 0.00895 e. The summed E-state index contributed by atoms with van der Waals surface area (Å²) >= 11 is 0. The monoisotopic (exact) mass is 279 g/mol. The zero-order valence-corrected chi connectivity index (χ0v) is 13.1. The van der Waals surface area contributed by atoms with Crippen molar-refractivity contribution in [2.45, 2.75) is 38.0 Å². The minimum atomic E-state index is 0.322. The summed E-state index contributed by atoms with van der Waals surface area (Å²) in [5.41, 5.74) is 4.70. The van der Waals surface area contributed by atoms with E-state index >= 15 is 0 Å². The first-order valence-electron chi connectivity index (χ1n) is 8.06. The predicted molar refractivity (Wildman–Crippen MR) is 89.8 cm³/mol. The first-order valence-corrected chi connectivity index (χ1v) is 8.06. The Morgan fingerprint density at radius 2 is 1.81 bits per heavy atom. The highest BCUT2D eigenvalue weighted by Crippen LogP contribution is 2.52. The lowest BCUT2D eigenvalue weighted by atomic mass is 9.56. The summed E-state index contributed by atoms with van der Waals surface area (Å²) in [5, 5.41) is 3.58. The molecule has 0 amide bonds. The Morgan fingerprint density at radius 3 is 2.48 bits per heavy atom. The van der Waals surface area contributed by atoms with Crippen molar-refractivity contribution in [3.8, 4) is 0 Å². The zero-order chi connectivity index (χ0) is 14.7. The number of aryl methyl sites for hydroxylation is 1. The van der Waals surface area contributed by atoms with Gasteiger partial charge in [0.15, 0.2) is 0 Å². The van der Waals surface area contributed by atoms with Gasteiger partial charge in [0.25, 0.3) is 0 Å². The Balaban J connectivity index is 1.81. The molecule has 0 heterocycles. The maximum absolute atomic E-state index is 3.58. The highest BCUT2D eigenvalue weighted by molar-refractivity contribution is 5.37. The molecular weight excluding hydrogens is 254 g/mol. The third kappa shape index (κ3) is 2.89. The van der Waals surface area contributed by atoms with Crippen molar-refractivity contribution in [3.63, 3.8) is 0 Å². The van der Waals surface area contributed by atoms with Crippen LogP contribution in [-0.4, -0.2) is 13.1 Å². The van der Waals surface area contributed by atoms with Crippen LogP contribution in [0.15, 0.2) is 54.6 Å². The molecule has 21 heavy (non-hydrogen) atoms. The summed E-state index contributed by atoms with van der Waals surface area (Å²) < 4.78 is 0. The van der Waals surface area contributed by atoms with Crippen LogP contribution in [0.1, 0.15) is 42.4 Å². The van der Waals surface area contributed by atoms with Gasteiger partial charge in [0, 0.05) is 12.0 Å². The average molecular weight is 279 g/mol. The molecule has 0 aliphatic heterocycles. The highest BCUT2D eigenvalue weighted by atomic mass is 14.9. The summed E-state index contributed by atoms with van der Waals surface area (Å²) in [6.07, 6.45) is 2.51. The lowest BCUT2D eigenvalue weighted by Gasteiger charge is -2.49. The van der Waals surface area contributed by atoms with Crippen LogP contribution in [0.4, 0.5) is 0 Å². The van der Waals surface area contributed by atoms with Gasteiger partial charge in [-0.1, -0.05) is 67.1 Å². The average Bonchev–Trinajstić information content (AvgIpc) is 2.47. The van der Waals surface area contributed by atoms with Crippen molar-refractivity contribution in [1.29, 1.82) is 0 Å². The van der Waals surface area contributed by atoms with Gasteiger partial charge in [-0.3, -0.25) is 0 Å². The fraction of sp³-hybridized carbons (Fsp3) is 0.400. The molecule has 1 nitrogen and oxygen atoms in total. The highest BCUT2D eigenvalue weighted by Gasteiger charge is 2.45. The van der Waals surface area contributed by atoms with E-state index in [-0.39, 0.29) is 0 Å². The van der Waals surface area contributed by atoms with Crippen LogP contribution >= 0.6 is 0 Å². The van der Waals surface area contributed by atoms with Crippen molar-refractivity contribution in [3.05, 3.63) is 71.3 Å². The summed E-state index contributed by atoms with van der Waals surface area (Å²) in [6.45, 7) is 6.52. The molecule has 1 N–H and O–H groups in total. The molecule has 0 unspecified atom stereocenters. The van der Waals surface area contributed by atoms with E-state index in [4.69, 9.17) is 0 Å². The molecule has 0 saturated heterocycles. The molecule has 1 aliphatic carbocycles. The van der Waals surface area contributed by atoms with E-state index < -0.39 is 0 Å². The summed E-state index contributed by atoms with van der Waals surface area (Å²) in [4.78, 5) is 0. The van der Waals surface area contributed by atoms with Gasteiger partial charge in [-0.2, -0.15) is 0 Å². The van der Waals surface area contributed by atoms with E-state index in [9.17, 15) is 0 Å². The number of hydrogen-bond acceptors (Lipinski definition) is 1. The number of hydrogen-bond donors (Lipinski definition) is 1. The maximum Gasteiger partial charge on any atom is 0.00895 e. The normalized spacial score (nSPS) is 24.6. The van der Waals surface area contributed by atoms with E-state index in [1.54, 1.807) is 0 Å². The fourth-order valence-electron chi connectivity index (χ4n) is 3.67. The lowest BCUT2D eigenvalue weighted by molar-refractivity contribution is 0.195. The number of benzene rings is 2. The number of likely N-dealkylation sites (N-methyl/N-ethyl adjacent to an activating group) is 1. The van der Waals surface area contributed by atoms with E-state index in [0.29, 0.717) is 11.3 Å². The van der Waals surface area contributed by atoms with Gasteiger partial charge in [0.2, 0.25) is 0 Å².